The number of guanidine groups is 1. The number of thiazole rings is 1. The highest BCUT2D eigenvalue weighted by molar-refractivity contribution is 14.0. The van der Waals surface area contributed by atoms with Crippen molar-refractivity contribution < 1.29 is 0 Å². The Morgan fingerprint density at radius 3 is 2.59 bits per heavy atom. The zero-order valence-electron chi connectivity index (χ0n) is 16.3. The van der Waals surface area contributed by atoms with E-state index < -0.39 is 0 Å². The smallest absolute Gasteiger partial charge is 0.191 e. The van der Waals surface area contributed by atoms with Gasteiger partial charge in [0.25, 0.3) is 0 Å². The van der Waals surface area contributed by atoms with Gasteiger partial charge in [-0.05, 0) is 50.8 Å². The highest BCUT2D eigenvalue weighted by Gasteiger charge is 2.12. The lowest BCUT2D eigenvalue weighted by molar-refractivity contribution is 0.573. The van der Waals surface area contributed by atoms with Crippen molar-refractivity contribution in [2.75, 3.05) is 25.0 Å². The maximum absolute atomic E-state index is 4.55. The van der Waals surface area contributed by atoms with Crippen LogP contribution in [0, 0.1) is 13.8 Å². The summed E-state index contributed by atoms with van der Waals surface area (Å²) in [7, 11) is 1.80. The van der Waals surface area contributed by atoms with E-state index in [-0.39, 0.29) is 24.0 Å². The predicted molar refractivity (Wildman–Crippen MR) is 124 cm³/mol. The maximum Gasteiger partial charge on any atom is 0.191 e. The Balaban J connectivity index is 0.00000261. The molecule has 0 amide bonds. The van der Waals surface area contributed by atoms with Gasteiger partial charge in [0.1, 0.15) is 5.82 Å². The van der Waals surface area contributed by atoms with Gasteiger partial charge in [-0.25, -0.2) is 9.97 Å². The molecule has 1 aliphatic rings. The van der Waals surface area contributed by atoms with E-state index in [0.29, 0.717) is 0 Å². The molecule has 2 N–H and O–H groups in total. The molecule has 2 aromatic heterocycles. The Kier molecular flexibility index (Phi) is 8.75. The van der Waals surface area contributed by atoms with Crippen LogP contribution in [-0.2, 0) is 13.1 Å². The molecule has 148 valence electrons. The molecule has 3 heterocycles. The average Bonchev–Trinajstić information content (AvgIpc) is 3.00. The molecule has 0 spiro atoms. The van der Waals surface area contributed by atoms with E-state index in [0.717, 1.165) is 48.7 Å². The van der Waals surface area contributed by atoms with Crippen LogP contribution in [-0.4, -0.2) is 36.1 Å². The van der Waals surface area contributed by atoms with Crippen LogP contribution >= 0.6 is 35.3 Å². The summed E-state index contributed by atoms with van der Waals surface area (Å²) in [4.78, 5) is 17.0. The van der Waals surface area contributed by atoms with Crippen LogP contribution in [0.15, 0.2) is 23.3 Å². The molecule has 0 aromatic carbocycles. The minimum Gasteiger partial charge on any atom is -0.357 e. The number of piperidine rings is 1. The number of hydrogen-bond acceptors (Lipinski definition) is 5. The van der Waals surface area contributed by atoms with Gasteiger partial charge in [-0.2, -0.15) is 0 Å². The van der Waals surface area contributed by atoms with Gasteiger partial charge in [0.15, 0.2) is 5.96 Å². The zero-order chi connectivity index (χ0) is 18.4. The summed E-state index contributed by atoms with van der Waals surface area (Å²) in [6.07, 6.45) is 5.76. The number of nitrogens with one attached hydrogen (secondary N) is 2. The Bertz CT molecular complexity index is 754. The largest absolute Gasteiger partial charge is 0.357 e. The molecule has 0 aliphatic carbocycles. The van der Waals surface area contributed by atoms with Crippen LogP contribution in [0.1, 0.15) is 40.4 Å². The van der Waals surface area contributed by atoms with E-state index in [1.54, 1.807) is 18.4 Å². The van der Waals surface area contributed by atoms with E-state index in [4.69, 9.17) is 0 Å². The number of aliphatic imine (C=N–C) groups is 1. The zero-order valence-corrected chi connectivity index (χ0v) is 19.4. The molecule has 1 fully saturated rings. The molecular formula is C19H29IN6S. The summed E-state index contributed by atoms with van der Waals surface area (Å²) in [5.41, 5.74) is 2.31. The number of hydrogen-bond donors (Lipinski definition) is 2. The van der Waals surface area contributed by atoms with Gasteiger partial charge in [-0.3, -0.25) is 4.99 Å². The number of aromatic nitrogens is 2. The number of aryl methyl sites for hydroxylation is 2. The fourth-order valence-corrected chi connectivity index (χ4v) is 4.05. The van der Waals surface area contributed by atoms with Crippen LogP contribution < -0.4 is 15.5 Å². The Hall–Kier alpha value is -1.42. The SMILES string of the molecule is CN=C(NCc1ccnc(N2CCCCC2)c1)NCc1sc(C)nc1C.I. The Morgan fingerprint density at radius 1 is 1.19 bits per heavy atom. The van der Waals surface area contributed by atoms with Crippen molar-refractivity contribution in [2.45, 2.75) is 46.2 Å². The van der Waals surface area contributed by atoms with Crippen molar-refractivity contribution in [3.05, 3.63) is 39.5 Å². The fourth-order valence-electron chi connectivity index (χ4n) is 3.17. The highest BCUT2D eigenvalue weighted by Crippen LogP contribution is 2.18. The second kappa shape index (κ2) is 10.8. The first kappa shape index (κ1) is 21.9. The number of anilines is 1. The lowest BCUT2D eigenvalue weighted by Crippen LogP contribution is -2.36. The third-order valence-electron chi connectivity index (χ3n) is 4.59. The van der Waals surface area contributed by atoms with E-state index >= 15 is 0 Å². The summed E-state index contributed by atoms with van der Waals surface area (Å²) in [6.45, 7) is 7.78. The second-order valence-electron chi connectivity index (χ2n) is 6.59. The minimum atomic E-state index is 0. The molecule has 3 rings (SSSR count). The van der Waals surface area contributed by atoms with Crippen molar-refractivity contribution in [3.63, 3.8) is 0 Å². The van der Waals surface area contributed by atoms with Gasteiger partial charge in [-0.15, -0.1) is 35.3 Å². The van der Waals surface area contributed by atoms with Crippen molar-refractivity contribution in [2.24, 2.45) is 4.99 Å². The van der Waals surface area contributed by atoms with Gasteiger partial charge in [0, 0.05) is 37.8 Å². The van der Waals surface area contributed by atoms with Crippen LogP contribution in [0.25, 0.3) is 0 Å². The molecule has 27 heavy (non-hydrogen) atoms. The third-order valence-corrected chi connectivity index (χ3v) is 5.66. The number of halogens is 1. The van der Waals surface area contributed by atoms with Crippen molar-refractivity contribution >= 4 is 47.1 Å². The highest BCUT2D eigenvalue weighted by atomic mass is 127. The van der Waals surface area contributed by atoms with Crippen molar-refractivity contribution in [1.82, 2.24) is 20.6 Å². The molecule has 0 unspecified atom stereocenters. The molecule has 0 saturated carbocycles. The Labute approximate surface area is 182 Å². The molecule has 0 atom stereocenters. The van der Waals surface area contributed by atoms with Gasteiger partial charge in [-0.1, -0.05) is 0 Å². The number of rotatable bonds is 5. The normalized spacial score (nSPS) is 14.6. The van der Waals surface area contributed by atoms with Crippen molar-refractivity contribution in [1.29, 1.82) is 0 Å². The van der Waals surface area contributed by atoms with E-state index in [9.17, 15) is 0 Å². The van der Waals surface area contributed by atoms with Crippen molar-refractivity contribution in [3.8, 4) is 0 Å². The van der Waals surface area contributed by atoms with Crippen LogP contribution in [0.4, 0.5) is 5.82 Å². The first-order valence-corrected chi connectivity index (χ1v) is 10.0. The lowest BCUT2D eigenvalue weighted by Gasteiger charge is -2.28. The lowest BCUT2D eigenvalue weighted by atomic mass is 10.1. The van der Waals surface area contributed by atoms with Gasteiger partial charge in [0.2, 0.25) is 0 Å². The first-order valence-electron chi connectivity index (χ1n) is 9.23. The number of nitrogens with zero attached hydrogens (tertiary/aromatic N) is 4. The van der Waals surface area contributed by atoms with Gasteiger partial charge >= 0.3 is 0 Å². The quantitative estimate of drug-likeness (QED) is 0.373. The molecule has 0 radical (unpaired) electrons. The standard InChI is InChI=1S/C19H28N6S.HI/c1-14-17(26-15(2)24-14)13-23-19(20-3)22-12-16-7-8-21-18(11-16)25-9-5-4-6-10-25;/h7-8,11H,4-6,9-10,12-13H2,1-3H3,(H2,20,22,23);1H. The van der Waals surface area contributed by atoms with Crippen LogP contribution in [0.2, 0.25) is 0 Å². The second-order valence-corrected chi connectivity index (χ2v) is 7.88. The van der Waals surface area contributed by atoms with E-state index in [1.807, 2.05) is 13.1 Å². The topological polar surface area (TPSA) is 65.4 Å². The maximum atomic E-state index is 4.55. The first-order chi connectivity index (χ1) is 12.7. The predicted octanol–water partition coefficient (Wildman–Crippen LogP) is 3.63. The molecule has 8 heteroatoms. The molecule has 1 saturated heterocycles. The summed E-state index contributed by atoms with van der Waals surface area (Å²) >= 11 is 1.73. The van der Waals surface area contributed by atoms with Gasteiger partial charge in [0.05, 0.1) is 17.2 Å². The van der Waals surface area contributed by atoms with Crippen LogP contribution in [0.3, 0.4) is 0 Å². The summed E-state index contributed by atoms with van der Waals surface area (Å²) < 4.78 is 0. The molecule has 6 nitrogen and oxygen atoms in total. The fraction of sp³-hybridized carbons (Fsp3) is 0.526. The van der Waals surface area contributed by atoms with Gasteiger partial charge < -0.3 is 15.5 Å². The Morgan fingerprint density at radius 2 is 1.93 bits per heavy atom. The molecule has 1 aliphatic heterocycles. The summed E-state index contributed by atoms with van der Waals surface area (Å²) in [5, 5.41) is 7.86. The average molecular weight is 500 g/mol. The molecule has 0 bridgehead atoms. The summed E-state index contributed by atoms with van der Waals surface area (Å²) in [5.74, 6) is 1.88. The summed E-state index contributed by atoms with van der Waals surface area (Å²) in [6, 6.07) is 4.24. The third kappa shape index (κ3) is 6.31. The minimum absolute atomic E-state index is 0. The number of pyridine rings is 1. The van der Waals surface area contributed by atoms with Crippen LogP contribution in [0.5, 0.6) is 0 Å². The molecular weight excluding hydrogens is 471 g/mol. The van der Waals surface area contributed by atoms with E-state index in [1.165, 1.54) is 29.7 Å². The monoisotopic (exact) mass is 500 g/mol. The van der Waals surface area contributed by atoms with E-state index in [2.05, 4.69) is 49.6 Å². The molecule has 2 aromatic rings.